The summed E-state index contributed by atoms with van der Waals surface area (Å²) < 4.78 is 5.00. The van der Waals surface area contributed by atoms with E-state index in [9.17, 15) is 4.79 Å². The summed E-state index contributed by atoms with van der Waals surface area (Å²) in [5.74, 6) is 0.654. The molecule has 3 N–H and O–H groups in total. The van der Waals surface area contributed by atoms with Crippen LogP contribution in [0.3, 0.4) is 0 Å². The lowest BCUT2D eigenvalue weighted by Crippen LogP contribution is -2.28. The largest absolute Gasteiger partial charge is 0.496 e. The number of nitrogens with one attached hydrogen (secondary N) is 1. The van der Waals surface area contributed by atoms with Gasteiger partial charge in [-0.25, -0.2) is 0 Å². The molecular weight excluding hydrogens is 212 g/mol. The molecular formula is C10H16N2O2S. The van der Waals surface area contributed by atoms with Crippen LogP contribution in [0.5, 0.6) is 5.75 Å². The third kappa shape index (κ3) is 3.89. The van der Waals surface area contributed by atoms with Gasteiger partial charge in [0.2, 0.25) is 0 Å². The van der Waals surface area contributed by atoms with Gasteiger partial charge in [0.1, 0.15) is 5.75 Å². The van der Waals surface area contributed by atoms with E-state index in [1.54, 1.807) is 18.6 Å². The van der Waals surface area contributed by atoms with Gasteiger partial charge in [0.05, 0.1) is 12.0 Å². The van der Waals surface area contributed by atoms with Gasteiger partial charge in [0, 0.05) is 24.0 Å². The lowest BCUT2D eigenvalue weighted by molar-refractivity contribution is 0.0956. The van der Waals surface area contributed by atoms with E-state index < -0.39 is 0 Å². The second-order valence-electron chi connectivity index (χ2n) is 3.37. The Bertz CT molecular complexity index is 323. The van der Waals surface area contributed by atoms with E-state index in [-0.39, 0.29) is 11.9 Å². The van der Waals surface area contributed by atoms with E-state index in [2.05, 4.69) is 5.32 Å². The quantitative estimate of drug-likeness (QED) is 0.796. The van der Waals surface area contributed by atoms with Gasteiger partial charge >= 0.3 is 0 Å². The average Bonchev–Trinajstić information content (AvgIpc) is 2.65. The number of carbonyl (C=O) groups excluding carboxylic acids is 1. The molecule has 0 radical (unpaired) electrons. The van der Waals surface area contributed by atoms with Crippen molar-refractivity contribution in [1.29, 1.82) is 0 Å². The molecule has 5 heteroatoms. The molecule has 1 unspecified atom stereocenters. The average molecular weight is 228 g/mol. The van der Waals surface area contributed by atoms with Crippen LogP contribution < -0.4 is 15.8 Å². The standard InChI is InChI=1S/C10H16N2O2S/c1-7(11)3-4-12-10(13)9-5-8(14-2)6-15-9/h5-7H,3-4,11H2,1-2H3,(H,12,13). The number of ether oxygens (including phenoxy) is 1. The van der Waals surface area contributed by atoms with Crippen LogP contribution in [-0.2, 0) is 0 Å². The maximum atomic E-state index is 11.6. The highest BCUT2D eigenvalue weighted by Crippen LogP contribution is 2.20. The predicted octanol–water partition coefficient (Wildman–Crippen LogP) is 1.22. The first-order chi connectivity index (χ1) is 7.13. The van der Waals surface area contributed by atoms with E-state index in [0.29, 0.717) is 11.4 Å². The molecule has 0 aromatic carbocycles. The van der Waals surface area contributed by atoms with Gasteiger partial charge in [-0.05, 0) is 13.3 Å². The molecule has 84 valence electrons. The smallest absolute Gasteiger partial charge is 0.261 e. The summed E-state index contributed by atoms with van der Waals surface area (Å²) in [7, 11) is 1.58. The van der Waals surface area contributed by atoms with Crippen LogP contribution in [0.25, 0.3) is 0 Å². The van der Waals surface area contributed by atoms with Crippen LogP contribution in [0.4, 0.5) is 0 Å². The van der Waals surface area contributed by atoms with Crippen molar-refractivity contribution in [2.24, 2.45) is 5.73 Å². The van der Waals surface area contributed by atoms with Crippen molar-refractivity contribution in [3.8, 4) is 5.75 Å². The first kappa shape index (κ1) is 12.0. The second kappa shape index (κ2) is 5.72. The van der Waals surface area contributed by atoms with Crippen LogP contribution in [0.2, 0.25) is 0 Å². The molecule has 0 aliphatic carbocycles. The highest BCUT2D eigenvalue weighted by molar-refractivity contribution is 7.12. The predicted molar refractivity (Wildman–Crippen MR) is 61.5 cm³/mol. The fourth-order valence-electron chi connectivity index (χ4n) is 1.05. The minimum absolute atomic E-state index is 0.0658. The van der Waals surface area contributed by atoms with Crippen LogP contribution in [0.1, 0.15) is 23.0 Å². The molecule has 1 aromatic heterocycles. The zero-order chi connectivity index (χ0) is 11.3. The van der Waals surface area contributed by atoms with E-state index >= 15 is 0 Å². The van der Waals surface area contributed by atoms with Crippen molar-refractivity contribution in [2.75, 3.05) is 13.7 Å². The maximum Gasteiger partial charge on any atom is 0.261 e. The van der Waals surface area contributed by atoms with Gasteiger partial charge < -0.3 is 15.8 Å². The molecule has 0 fully saturated rings. The summed E-state index contributed by atoms with van der Waals surface area (Å²) in [4.78, 5) is 12.2. The van der Waals surface area contributed by atoms with Gasteiger partial charge in [-0.2, -0.15) is 0 Å². The van der Waals surface area contributed by atoms with Crippen LogP contribution >= 0.6 is 11.3 Å². The molecule has 1 rings (SSSR count). The Morgan fingerprint density at radius 1 is 1.73 bits per heavy atom. The molecule has 1 heterocycles. The number of hydrogen-bond donors (Lipinski definition) is 2. The SMILES string of the molecule is COc1csc(C(=O)NCCC(C)N)c1. The highest BCUT2D eigenvalue weighted by Gasteiger charge is 2.08. The van der Waals surface area contributed by atoms with Crippen LogP contribution in [0, 0.1) is 0 Å². The van der Waals surface area contributed by atoms with E-state index in [1.807, 2.05) is 6.92 Å². The Balaban J connectivity index is 2.40. The van der Waals surface area contributed by atoms with E-state index in [4.69, 9.17) is 10.5 Å². The minimum atomic E-state index is -0.0658. The third-order valence-electron chi connectivity index (χ3n) is 1.92. The highest BCUT2D eigenvalue weighted by atomic mass is 32.1. The fourth-order valence-corrected chi connectivity index (χ4v) is 1.82. The summed E-state index contributed by atoms with van der Waals surface area (Å²) in [6.45, 7) is 2.52. The maximum absolute atomic E-state index is 11.6. The molecule has 0 aliphatic rings. The Morgan fingerprint density at radius 3 is 3.00 bits per heavy atom. The Labute approximate surface area is 93.4 Å². The molecule has 0 bridgehead atoms. The monoisotopic (exact) mass is 228 g/mol. The number of hydrogen-bond acceptors (Lipinski definition) is 4. The van der Waals surface area contributed by atoms with Crippen molar-refractivity contribution < 1.29 is 9.53 Å². The number of rotatable bonds is 5. The molecule has 0 saturated carbocycles. The Kier molecular flexibility index (Phi) is 4.58. The number of carbonyl (C=O) groups is 1. The molecule has 0 aliphatic heterocycles. The zero-order valence-corrected chi connectivity index (χ0v) is 9.76. The first-order valence-corrected chi connectivity index (χ1v) is 5.67. The molecule has 0 spiro atoms. The summed E-state index contributed by atoms with van der Waals surface area (Å²) in [5.41, 5.74) is 5.57. The summed E-state index contributed by atoms with van der Waals surface area (Å²) in [6.07, 6.45) is 0.786. The van der Waals surface area contributed by atoms with Crippen molar-refractivity contribution in [3.05, 3.63) is 16.3 Å². The number of thiophene rings is 1. The molecule has 1 amide bonds. The topological polar surface area (TPSA) is 64.3 Å². The number of amides is 1. The van der Waals surface area contributed by atoms with Gasteiger partial charge in [0.15, 0.2) is 0 Å². The molecule has 15 heavy (non-hydrogen) atoms. The minimum Gasteiger partial charge on any atom is -0.496 e. The molecule has 4 nitrogen and oxygen atoms in total. The lowest BCUT2D eigenvalue weighted by Gasteiger charge is -2.05. The van der Waals surface area contributed by atoms with Crippen molar-refractivity contribution >= 4 is 17.2 Å². The van der Waals surface area contributed by atoms with Gasteiger partial charge in [-0.15, -0.1) is 11.3 Å². The van der Waals surface area contributed by atoms with Crippen LogP contribution in [-0.4, -0.2) is 25.6 Å². The van der Waals surface area contributed by atoms with Crippen molar-refractivity contribution in [2.45, 2.75) is 19.4 Å². The zero-order valence-electron chi connectivity index (χ0n) is 8.95. The fraction of sp³-hybridized carbons (Fsp3) is 0.500. The first-order valence-electron chi connectivity index (χ1n) is 4.79. The normalized spacial score (nSPS) is 12.2. The number of methoxy groups -OCH3 is 1. The Morgan fingerprint density at radius 2 is 2.47 bits per heavy atom. The Hall–Kier alpha value is -1.07. The van der Waals surface area contributed by atoms with E-state index in [1.165, 1.54) is 11.3 Å². The van der Waals surface area contributed by atoms with Gasteiger partial charge in [-0.3, -0.25) is 4.79 Å². The summed E-state index contributed by atoms with van der Waals surface area (Å²) >= 11 is 1.37. The molecule has 0 saturated heterocycles. The van der Waals surface area contributed by atoms with Crippen molar-refractivity contribution in [3.63, 3.8) is 0 Å². The van der Waals surface area contributed by atoms with Gasteiger partial charge in [-0.1, -0.05) is 0 Å². The third-order valence-corrected chi connectivity index (χ3v) is 2.83. The lowest BCUT2D eigenvalue weighted by atomic mass is 10.2. The van der Waals surface area contributed by atoms with Crippen molar-refractivity contribution in [1.82, 2.24) is 5.32 Å². The van der Waals surface area contributed by atoms with Gasteiger partial charge in [0.25, 0.3) is 5.91 Å². The number of nitrogens with two attached hydrogens (primary N) is 1. The van der Waals surface area contributed by atoms with E-state index in [0.717, 1.165) is 12.2 Å². The summed E-state index contributed by atoms with van der Waals surface area (Å²) in [5, 5.41) is 4.61. The van der Waals surface area contributed by atoms with Crippen LogP contribution in [0.15, 0.2) is 11.4 Å². The summed E-state index contributed by atoms with van der Waals surface area (Å²) in [6, 6.07) is 1.84. The second-order valence-corrected chi connectivity index (χ2v) is 4.28. The molecule has 1 aromatic rings. The molecule has 1 atom stereocenters.